The molecule has 1 aliphatic rings. The van der Waals surface area contributed by atoms with E-state index in [1.165, 1.54) is 7.11 Å². The first-order chi connectivity index (χ1) is 7.24. The zero-order valence-electron chi connectivity index (χ0n) is 10.2. The summed E-state index contributed by atoms with van der Waals surface area (Å²) in [4.78, 5) is 23.7. The Bertz CT molecular complexity index is 212. The second-order valence-electron chi connectivity index (χ2n) is 2.93. The van der Waals surface area contributed by atoms with Gasteiger partial charge in [0.2, 0.25) is 5.91 Å². The van der Waals surface area contributed by atoms with E-state index in [1.807, 2.05) is 13.8 Å². The van der Waals surface area contributed by atoms with Crippen molar-refractivity contribution in [2.24, 2.45) is 0 Å². The molecule has 1 fully saturated rings. The summed E-state index contributed by atoms with van der Waals surface area (Å²) in [7, 11) is 1.27. The van der Waals surface area contributed by atoms with Crippen molar-refractivity contribution in [2.45, 2.75) is 26.7 Å². The molecule has 16 heavy (non-hydrogen) atoms. The van der Waals surface area contributed by atoms with E-state index in [9.17, 15) is 9.59 Å². The molecule has 6 heteroatoms. The molecule has 1 aliphatic heterocycles. The Balaban J connectivity index is -0.000000464. The summed E-state index contributed by atoms with van der Waals surface area (Å²) >= 11 is 0. The third-order valence-electron chi connectivity index (χ3n) is 2.03. The maximum absolute atomic E-state index is 11.3. The number of nitrogens with zero attached hydrogens (tertiary/aromatic N) is 1. The molecule has 0 aromatic rings. The first-order valence-corrected chi connectivity index (χ1v) is 5.33. The molecular weight excluding hydrogens is 247 g/mol. The molecule has 1 N–H and O–H groups in total. The fraction of sp³-hybridized carbons (Fsp3) is 0.800. The van der Waals surface area contributed by atoms with Crippen molar-refractivity contribution < 1.29 is 34.3 Å². The summed E-state index contributed by atoms with van der Waals surface area (Å²) in [6.45, 7) is 5.65. The summed E-state index contributed by atoms with van der Waals surface area (Å²) < 4.78 is 4.34. The van der Waals surface area contributed by atoms with Crippen LogP contribution < -0.4 is 5.32 Å². The second kappa shape index (κ2) is 10.8. The van der Waals surface area contributed by atoms with Gasteiger partial charge in [-0.05, 0) is 12.8 Å². The van der Waals surface area contributed by atoms with Crippen LogP contribution in [0.15, 0.2) is 0 Å². The van der Waals surface area contributed by atoms with Gasteiger partial charge in [-0.3, -0.25) is 4.79 Å². The Hall–Kier alpha value is -0.676. The molecule has 95 valence electrons. The zero-order chi connectivity index (χ0) is 11.7. The quantitative estimate of drug-likeness (QED) is 0.820. The van der Waals surface area contributed by atoms with Crippen molar-refractivity contribution in [2.75, 3.05) is 26.7 Å². The van der Waals surface area contributed by atoms with Crippen LogP contribution in [0.2, 0.25) is 0 Å². The van der Waals surface area contributed by atoms with Gasteiger partial charge in [0.25, 0.3) is 0 Å². The number of ether oxygens (including phenoxy) is 1. The van der Waals surface area contributed by atoms with E-state index in [2.05, 4.69) is 10.1 Å². The zero-order valence-corrected chi connectivity index (χ0v) is 11.6. The largest absolute Gasteiger partial charge is 0.453 e. The van der Waals surface area contributed by atoms with Crippen LogP contribution >= 0.6 is 0 Å². The van der Waals surface area contributed by atoms with Gasteiger partial charge in [-0.25, -0.2) is 4.79 Å². The maximum atomic E-state index is 11.3. The second-order valence-corrected chi connectivity index (χ2v) is 2.93. The van der Waals surface area contributed by atoms with Crippen LogP contribution in [0.25, 0.3) is 0 Å². The summed E-state index contributed by atoms with van der Waals surface area (Å²) in [5.74, 6) is -0.0390. The van der Waals surface area contributed by atoms with E-state index in [1.54, 1.807) is 4.90 Å². The van der Waals surface area contributed by atoms with Gasteiger partial charge < -0.3 is 15.0 Å². The van der Waals surface area contributed by atoms with Crippen LogP contribution in [0.5, 0.6) is 0 Å². The Morgan fingerprint density at radius 1 is 1.31 bits per heavy atom. The van der Waals surface area contributed by atoms with Crippen molar-refractivity contribution >= 4 is 12.0 Å². The average molecular weight is 269 g/mol. The monoisotopic (exact) mass is 269 g/mol. The van der Waals surface area contributed by atoms with Crippen LogP contribution in [-0.4, -0.2) is 43.6 Å². The predicted molar refractivity (Wildman–Crippen MR) is 59.7 cm³/mol. The molecule has 0 unspecified atom stereocenters. The molecule has 1 radical (unpaired) electrons. The van der Waals surface area contributed by atoms with E-state index in [0.29, 0.717) is 0 Å². The van der Waals surface area contributed by atoms with Gasteiger partial charge in [0.15, 0.2) is 0 Å². The van der Waals surface area contributed by atoms with Crippen LogP contribution in [-0.2, 0) is 28.1 Å². The van der Waals surface area contributed by atoms with E-state index in [0.717, 1.165) is 25.9 Å². The molecule has 1 rings (SSSR count). The number of hydrogen-bond acceptors (Lipinski definition) is 3. The van der Waals surface area contributed by atoms with Gasteiger partial charge in [0.1, 0.15) is 6.54 Å². The number of carbonyl (C=O) groups is 2. The number of hydrogen-bond donors (Lipinski definition) is 1. The van der Waals surface area contributed by atoms with E-state index in [4.69, 9.17) is 0 Å². The van der Waals surface area contributed by atoms with Crippen molar-refractivity contribution in [3.8, 4) is 0 Å². The number of amides is 2. The normalized spacial score (nSPS) is 13.1. The Morgan fingerprint density at radius 2 is 1.81 bits per heavy atom. The SMILES string of the molecule is CC.COC(=O)NCC(=O)N1CCCC1.[HH].[V]. The van der Waals surface area contributed by atoms with Crippen molar-refractivity contribution in [3.05, 3.63) is 0 Å². The summed E-state index contributed by atoms with van der Waals surface area (Å²) in [6.07, 6.45) is 1.56. The number of methoxy groups -OCH3 is 1. The molecule has 0 aromatic carbocycles. The molecular formula is C10H22N2O3V. The molecule has 0 bridgehead atoms. The molecule has 2 amide bonds. The van der Waals surface area contributed by atoms with Gasteiger partial charge in [0.05, 0.1) is 7.11 Å². The van der Waals surface area contributed by atoms with Gasteiger partial charge in [-0.1, -0.05) is 13.8 Å². The van der Waals surface area contributed by atoms with Crippen LogP contribution in [0.3, 0.4) is 0 Å². The first-order valence-electron chi connectivity index (χ1n) is 5.33. The Kier molecular flexibility index (Phi) is 12.0. The summed E-state index contributed by atoms with van der Waals surface area (Å²) in [5.41, 5.74) is 0. The maximum Gasteiger partial charge on any atom is 0.407 e. The van der Waals surface area contributed by atoms with Crippen LogP contribution in [0.1, 0.15) is 28.1 Å². The molecule has 0 saturated carbocycles. The number of alkyl carbamates (subject to hydrolysis) is 1. The van der Waals surface area contributed by atoms with Crippen molar-refractivity contribution in [1.82, 2.24) is 10.2 Å². The molecule has 0 atom stereocenters. The Labute approximate surface area is 110 Å². The molecule has 5 nitrogen and oxygen atoms in total. The fourth-order valence-electron chi connectivity index (χ4n) is 1.30. The predicted octanol–water partition coefficient (Wildman–Crippen LogP) is 1.23. The minimum atomic E-state index is -0.562. The van der Waals surface area contributed by atoms with Gasteiger partial charge in [-0.15, -0.1) is 0 Å². The number of carbonyl (C=O) groups excluding carboxylic acids is 2. The minimum Gasteiger partial charge on any atom is -0.453 e. The molecule has 1 heterocycles. The van der Waals surface area contributed by atoms with Gasteiger partial charge >= 0.3 is 6.09 Å². The van der Waals surface area contributed by atoms with Gasteiger partial charge in [0, 0.05) is 33.1 Å². The third kappa shape index (κ3) is 6.74. The van der Waals surface area contributed by atoms with Crippen LogP contribution in [0.4, 0.5) is 4.79 Å². The van der Waals surface area contributed by atoms with Gasteiger partial charge in [-0.2, -0.15) is 0 Å². The summed E-state index contributed by atoms with van der Waals surface area (Å²) in [6, 6.07) is 0. The number of rotatable bonds is 2. The molecule has 0 spiro atoms. The van der Waals surface area contributed by atoms with Crippen LogP contribution in [0, 0.1) is 0 Å². The average Bonchev–Trinajstić information content (AvgIpc) is 2.81. The van der Waals surface area contributed by atoms with Crippen molar-refractivity contribution in [3.63, 3.8) is 0 Å². The fourth-order valence-corrected chi connectivity index (χ4v) is 1.30. The smallest absolute Gasteiger partial charge is 0.407 e. The first kappa shape index (κ1) is 17.7. The Morgan fingerprint density at radius 3 is 2.25 bits per heavy atom. The third-order valence-corrected chi connectivity index (χ3v) is 2.03. The molecule has 0 aromatic heterocycles. The topological polar surface area (TPSA) is 58.6 Å². The minimum absolute atomic E-state index is 0. The molecule has 0 aliphatic carbocycles. The van der Waals surface area contributed by atoms with E-state index >= 15 is 0 Å². The van der Waals surface area contributed by atoms with E-state index < -0.39 is 6.09 Å². The molecule has 1 saturated heterocycles. The summed E-state index contributed by atoms with van der Waals surface area (Å²) in [5, 5.41) is 2.36. The standard InChI is InChI=1S/C8H14N2O3.C2H6.V.H2/c1-13-8(12)9-6-7(11)10-4-2-3-5-10;1-2;;/h2-6H2,1H3,(H,9,12);1-2H3;;1H. The van der Waals surface area contributed by atoms with E-state index in [-0.39, 0.29) is 32.4 Å². The number of nitrogens with one attached hydrogen (secondary N) is 1. The van der Waals surface area contributed by atoms with Crippen molar-refractivity contribution in [1.29, 1.82) is 0 Å². The number of likely N-dealkylation sites (tertiary alicyclic amines) is 1.